The van der Waals surface area contributed by atoms with Crippen LogP contribution in [0.25, 0.3) is 0 Å². The number of aromatic nitrogens is 3. The maximum Gasteiger partial charge on any atom is 0.272 e. The van der Waals surface area contributed by atoms with Gasteiger partial charge >= 0.3 is 0 Å². The molecule has 1 unspecified atom stereocenters. The minimum Gasteiger partial charge on any atom is -0.303 e. The quantitative estimate of drug-likeness (QED) is 0.632. The molecule has 7 nitrogen and oxygen atoms in total. The van der Waals surface area contributed by atoms with Gasteiger partial charge in [-0.15, -0.1) is 0 Å². The summed E-state index contributed by atoms with van der Waals surface area (Å²) in [6.07, 6.45) is 1.44. The monoisotopic (exact) mass is 261 g/mol. The Bertz CT molecular complexity index is 568. The number of benzene rings is 1. The van der Waals surface area contributed by atoms with Crippen molar-refractivity contribution < 1.29 is 4.92 Å². The Kier molecular flexibility index (Phi) is 3.86. The lowest BCUT2D eigenvalue weighted by atomic mass is 10.0. The van der Waals surface area contributed by atoms with Crippen LogP contribution in [0.1, 0.15) is 29.9 Å². The molecule has 19 heavy (non-hydrogen) atoms. The summed E-state index contributed by atoms with van der Waals surface area (Å²) in [4.78, 5) is 14.5. The molecule has 1 aromatic carbocycles. The Morgan fingerprint density at radius 2 is 2.32 bits per heavy atom. The van der Waals surface area contributed by atoms with Crippen LogP contribution in [0.2, 0.25) is 0 Å². The molecule has 7 heteroatoms. The molecule has 100 valence electrons. The minimum atomic E-state index is -0.359. The first-order chi connectivity index (χ1) is 9.08. The third-order valence-electron chi connectivity index (χ3n) is 2.97. The van der Waals surface area contributed by atoms with E-state index in [1.165, 1.54) is 6.33 Å². The van der Waals surface area contributed by atoms with Gasteiger partial charge in [-0.05, 0) is 19.4 Å². The Morgan fingerprint density at radius 1 is 1.53 bits per heavy atom. The van der Waals surface area contributed by atoms with Crippen LogP contribution >= 0.6 is 0 Å². The van der Waals surface area contributed by atoms with Gasteiger partial charge in [0.2, 0.25) is 0 Å². The maximum absolute atomic E-state index is 10.9. The Labute approximate surface area is 110 Å². The lowest BCUT2D eigenvalue weighted by Gasteiger charge is -2.13. The molecular weight excluding hydrogens is 246 g/mol. The molecule has 2 rings (SSSR count). The fourth-order valence-electron chi connectivity index (χ4n) is 1.78. The van der Waals surface area contributed by atoms with E-state index in [0.717, 1.165) is 11.4 Å². The average Bonchev–Trinajstić information content (AvgIpc) is 2.89. The molecule has 0 spiro atoms. The van der Waals surface area contributed by atoms with Gasteiger partial charge in [0.1, 0.15) is 12.2 Å². The number of H-pyrrole nitrogens is 1. The van der Waals surface area contributed by atoms with Crippen molar-refractivity contribution in [3.05, 3.63) is 51.6 Å². The van der Waals surface area contributed by atoms with Gasteiger partial charge in [0.15, 0.2) is 0 Å². The van der Waals surface area contributed by atoms with E-state index in [1.807, 2.05) is 13.0 Å². The summed E-state index contributed by atoms with van der Waals surface area (Å²) in [5.74, 6) is 0.730. The lowest BCUT2D eigenvalue weighted by molar-refractivity contribution is -0.385. The first-order valence-corrected chi connectivity index (χ1v) is 5.90. The second-order valence-corrected chi connectivity index (χ2v) is 4.34. The van der Waals surface area contributed by atoms with Gasteiger partial charge in [0, 0.05) is 17.7 Å². The van der Waals surface area contributed by atoms with Crippen molar-refractivity contribution in [2.24, 2.45) is 0 Å². The van der Waals surface area contributed by atoms with Crippen LogP contribution in [-0.2, 0) is 6.54 Å². The molecule has 0 saturated heterocycles. The highest BCUT2D eigenvalue weighted by Gasteiger charge is 2.14. The van der Waals surface area contributed by atoms with Crippen LogP contribution < -0.4 is 5.32 Å². The summed E-state index contributed by atoms with van der Waals surface area (Å²) in [6.45, 7) is 4.21. The second-order valence-electron chi connectivity index (χ2n) is 4.34. The van der Waals surface area contributed by atoms with Crippen molar-refractivity contribution in [3.8, 4) is 0 Å². The van der Waals surface area contributed by atoms with E-state index in [0.29, 0.717) is 12.1 Å². The minimum absolute atomic E-state index is 0.00981. The first-order valence-electron chi connectivity index (χ1n) is 5.90. The zero-order valence-corrected chi connectivity index (χ0v) is 10.8. The molecule has 0 radical (unpaired) electrons. The van der Waals surface area contributed by atoms with E-state index in [2.05, 4.69) is 20.5 Å². The largest absolute Gasteiger partial charge is 0.303 e. The molecule has 0 amide bonds. The summed E-state index contributed by atoms with van der Waals surface area (Å²) < 4.78 is 0. The topological polar surface area (TPSA) is 96.7 Å². The normalized spacial score (nSPS) is 12.3. The van der Waals surface area contributed by atoms with Gasteiger partial charge in [-0.1, -0.05) is 12.1 Å². The highest BCUT2D eigenvalue weighted by atomic mass is 16.6. The molecule has 0 saturated carbocycles. The number of nitrogens with zero attached hydrogens (tertiary/aromatic N) is 3. The highest BCUT2D eigenvalue weighted by Crippen LogP contribution is 2.23. The van der Waals surface area contributed by atoms with Gasteiger partial charge < -0.3 is 5.32 Å². The second kappa shape index (κ2) is 5.57. The van der Waals surface area contributed by atoms with Gasteiger partial charge in [-0.3, -0.25) is 15.2 Å². The Hall–Kier alpha value is -2.28. The fraction of sp³-hybridized carbons (Fsp3) is 0.333. The zero-order chi connectivity index (χ0) is 13.8. The standard InChI is InChI=1S/C12H15N5O2/c1-8-3-4-10(5-11(8)17(18)19)9(2)13-6-12-14-7-15-16-12/h3-5,7,9,13H,6H2,1-2H3,(H,14,15,16). The average molecular weight is 261 g/mol. The predicted octanol–water partition coefficient (Wildman–Crippen LogP) is 1.87. The van der Waals surface area contributed by atoms with E-state index in [1.54, 1.807) is 19.1 Å². The molecule has 1 heterocycles. The first kappa shape index (κ1) is 13.2. The molecule has 0 bridgehead atoms. The number of aryl methyl sites for hydroxylation is 1. The van der Waals surface area contributed by atoms with Crippen LogP contribution in [0, 0.1) is 17.0 Å². The summed E-state index contributed by atoms with van der Waals surface area (Å²) in [7, 11) is 0. The van der Waals surface area contributed by atoms with Crippen LogP contribution in [-0.4, -0.2) is 20.1 Å². The molecule has 0 aliphatic heterocycles. The van der Waals surface area contributed by atoms with Crippen molar-refractivity contribution in [1.82, 2.24) is 20.5 Å². The molecule has 0 aliphatic rings. The number of nitro groups is 1. The van der Waals surface area contributed by atoms with E-state index in [4.69, 9.17) is 0 Å². The molecule has 1 atom stereocenters. The smallest absolute Gasteiger partial charge is 0.272 e. The van der Waals surface area contributed by atoms with E-state index in [9.17, 15) is 10.1 Å². The highest BCUT2D eigenvalue weighted by molar-refractivity contribution is 5.43. The summed E-state index contributed by atoms with van der Waals surface area (Å²) in [6, 6.07) is 5.25. The number of hydrogen-bond donors (Lipinski definition) is 2. The van der Waals surface area contributed by atoms with Gasteiger partial charge in [-0.2, -0.15) is 5.10 Å². The van der Waals surface area contributed by atoms with Crippen molar-refractivity contribution >= 4 is 5.69 Å². The SMILES string of the molecule is Cc1ccc(C(C)NCc2ncn[nH]2)cc1[N+](=O)[O-]. The number of rotatable bonds is 5. The summed E-state index contributed by atoms with van der Waals surface area (Å²) >= 11 is 0. The summed E-state index contributed by atoms with van der Waals surface area (Å²) in [5.41, 5.74) is 1.68. The Morgan fingerprint density at radius 3 is 2.95 bits per heavy atom. The van der Waals surface area contributed by atoms with Crippen LogP contribution in [0.5, 0.6) is 0 Å². The third-order valence-corrected chi connectivity index (χ3v) is 2.97. The van der Waals surface area contributed by atoms with Gasteiger partial charge in [-0.25, -0.2) is 4.98 Å². The van der Waals surface area contributed by atoms with Gasteiger partial charge in [0.25, 0.3) is 5.69 Å². The van der Waals surface area contributed by atoms with E-state index in [-0.39, 0.29) is 16.7 Å². The van der Waals surface area contributed by atoms with Crippen molar-refractivity contribution in [3.63, 3.8) is 0 Å². The van der Waals surface area contributed by atoms with Gasteiger partial charge in [0.05, 0.1) is 11.5 Å². The van der Waals surface area contributed by atoms with Crippen molar-refractivity contribution in [1.29, 1.82) is 0 Å². The summed E-state index contributed by atoms with van der Waals surface area (Å²) in [5, 5.41) is 20.6. The molecular formula is C12H15N5O2. The Balaban J connectivity index is 2.08. The maximum atomic E-state index is 10.9. The molecule has 2 aromatic rings. The van der Waals surface area contributed by atoms with Crippen LogP contribution in [0.15, 0.2) is 24.5 Å². The number of hydrogen-bond acceptors (Lipinski definition) is 5. The van der Waals surface area contributed by atoms with E-state index >= 15 is 0 Å². The van der Waals surface area contributed by atoms with Crippen LogP contribution in [0.3, 0.4) is 0 Å². The lowest BCUT2D eigenvalue weighted by Crippen LogP contribution is -2.19. The van der Waals surface area contributed by atoms with E-state index < -0.39 is 0 Å². The van der Waals surface area contributed by atoms with Crippen molar-refractivity contribution in [2.45, 2.75) is 26.4 Å². The third kappa shape index (κ3) is 3.14. The molecule has 0 aliphatic carbocycles. The number of nitrogens with one attached hydrogen (secondary N) is 2. The predicted molar refractivity (Wildman–Crippen MR) is 69.5 cm³/mol. The van der Waals surface area contributed by atoms with Crippen molar-refractivity contribution in [2.75, 3.05) is 0 Å². The fourth-order valence-corrected chi connectivity index (χ4v) is 1.78. The number of aromatic amines is 1. The number of nitro benzene ring substituents is 1. The molecule has 2 N–H and O–H groups in total. The van der Waals surface area contributed by atoms with Crippen LogP contribution in [0.4, 0.5) is 5.69 Å². The molecule has 0 fully saturated rings. The molecule has 1 aromatic heterocycles. The zero-order valence-electron chi connectivity index (χ0n) is 10.8.